The monoisotopic (exact) mass is 98.0 g/mol. The lowest BCUT2D eigenvalue weighted by Gasteiger charge is -1.96. The molecule has 0 nitrogen and oxygen atoms in total. The van der Waals surface area contributed by atoms with Gasteiger partial charge >= 0.3 is 0 Å². The van der Waals surface area contributed by atoms with E-state index in [0.29, 0.717) is 0 Å². The van der Waals surface area contributed by atoms with Crippen molar-refractivity contribution in [2.24, 2.45) is 0 Å². The Labute approximate surface area is 42.6 Å². The van der Waals surface area contributed by atoms with Gasteiger partial charge in [-0.2, -0.15) is 0 Å². The SMILES string of the molecule is [C]1C=CCCS1. The number of rotatable bonds is 0. The molecule has 1 heterocycles. The molecule has 0 saturated heterocycles. The molecule has 6 heavy (non-hydrogen) atoms. The molecule has 0 amide bonds. The van der Waals surface area contributed by atoms with Crippen molar-refractivity contribution in [3.8, 4) is 0 Å². The van der Waals surface area contributed by atoms with Gasteiger partial charge in [0, 0.05) is 0 Å². The molecule has 2 radical (unpaired) electrons. The standard InChI is InChI=1S/C5H6S/c1-2-4-6-5-3-1/h1-2H,3,5H2. The van der Waals surface area contributed by atoms with Crippen molar-refractivity contribution in [1.29, 1.82) is 0 Å². The van der Waals surface area contributed by atoms with Crippen LogP contribution < -0.4 is 0 Å². The second kappa shape index (κ2) is 2.30. The zero-order chi connectivity index (χ0) is 4.24. The van der Waals surface area contributed by atoms with Gasteiger partial charge in [0.25, 0.3) is 0 Å². The zero-order valence-electron chi connectivity index (χ0n) is 3.48. The smallest absolute Gasteiger partial charge is 0.0736 e. The zero-order valence-corrected chi connectivity index (χ0v) is 4.29. The summed E-state index contributed by atoms with van der Waals surface area (Å²) in [5.74, 6) is 4.24. The van der Waals surface area contributed by atoms with Crippen LogP contribution in [0.3, 0.4) is 0 Å². The summed E-state index contributed by atoms with van der Waals surface area (Å²) in [6.07, 6.45) is 5.34. The molecule has 0 saturated carbocycles. The minimum absolute atomic E-state index is 1.22. The van der Waals surface area contributed by atoms with Crippen LogP contribution >= 0.6 is 11.8 Å². The molecule has 0 aliphatic carbocycles. The molecule has 1 aliphatic heterocycles. The van der Waals surface area contributed by atoms with Gasteiger partial charge in [0.05, 0.1) is 5.75 Å². The van der Waals surface area contributed by atoms with Crippen LogP contribution in [0.1, 0.15) is 6.42 Å². The van der Waals surface area contributed by atoms with E-state index in [0.717, 1.165) is 0 Å². The topological polar surface area (TPSA) is 0 Å². The summed E-state index contributed by atoms with van der Waals surface area (Å²) in [6, 6.07) is 0. The molecule has 0 spiro atoms. The summed E-state index contributed by atoms with van der Waals surface area (Å²) in [7, 11) is 0. The third-order valence-corrected chi connectivity index (χ3v) is 1.40. The molecule has 0 aromatic rings. The highest BCUT2D eigenvalue weighted by Crippen LogP contribution is 2.12. The lowest BCUT2D eigenvalue weighted by Crippen LogP contribution is -1.78. The third-order valence-electron chi connectivity index (χ3n) is 0.656. The molecule has 0 N–H and O–H groups in total. The number of hydrogen-bond donors (Lipinski definition) is 0. The molecule has 0 aromatic carbocycles. The molecular weight excluding hydrogens is 92.1 g/mol. The quantitative estimate of drug-likeness (QED) is 0.444. The van der Waals surface area contributed by atoms with Crippen molar-refractivity contribution in [3.63, 3.8) is 0 Å². The summed E-state index contributed by atoms with van der Waals surface area (Å²) in [6.45, 7) is 0. The van der Waals surface area contributed by atoms with Crippen molar-refractivity contribution in [2.45, 2.75) is 6.42 Å². The Kier molecular flexibility index (Phi) is 1.63. The van der Waals surface area contributed by atoms with E-state index in [4.69, 9.17) is 0 Å². The van der Waals surface area contributed by atoms with Crippen molar-refractivity contribution in [2.75, 3.05) is 5.75 Å². The first-order valence-electron chi connectivity index (χ1n) is 2.02. The van der Waals surface area contributed by atoms with Crippen LogP contribution in [0, 0.1) is 5.75 Å². The maximum Gasteiger partial charge on any atom is 0.0736 e. The van der Waals surface area contributed by atoms with Gasteiger partial charge in [0.2, 0.25) is 0 Å². The maximum absolute atomic E-state index is 3.02. The van der Waals surface area contributed by atoms with Crippen molar-refractivity contribution in [1.82, 2.24) is 0 Å². The highest BCUT2D eigenvalue weighted by atomic mass is 32.2. The Morgan fingerprint density at radius 2 is 2.67 bits per heavy atom. The second-order valence-corrected chi connectivity index (χ2v) is 2.09. The average molecular weight is 98.2 g/mol. The van der Waals surface area contributed by atoms with E-state index in [2.05, 4.69) is 11.8 Å². The highest BCUT2D eigenvalue weighted by Gasteiger charge is 1.88. The molecule has 0 bridgehead atoms. The van der Waals surface area contributed by atoms with Crippen molar-refractivity contribution < 1.29 is 0 Å². The fourth-order valence-electron chi connectivity index (χ4n) is 0.365. The van der Waals surface area contributed by atoms with Crippen molar-refractivity contribution in [3.05, 3.63) is 17.9 Å². The van der Waals surface area contributed by atoms with Gasteiger partial charge in [-0.25, -0.2) is 0 Å². The molecule has 1 rings (SSSR count). The van der Waals surface area contributed by atoms with Crippen LogP contribution in [0.5, 0.6) is 0 Å². The highest BCUT2D eigenvalue weighted by molar-refractivity contribution is 8.01. The van der Waals surface area contributed by atoms with Crippen LogP contribution in [-0.2, 0) is 0 Å². The summed E-state index contributed by atoms with van der Waals surface area (Å²) in [4.78, 5) is 0. The second-order valence-electron chi connectivity index (χ2n) is 1.16. The summed E-state index contributed by atoms with van der Waals surface area (Å²) >= 11 is 1.76. The summed E-state index contributed by atoms with van der Waals surface area (Å²) in [5, 5.41) is 0. The Morgan fingerprint density at radius 3 is 2.83 bits per heavy atom. The minimum Gasteiger partial charge on any atom is -0.147 e. The van der Waals surface area contributed by atoms with E-state index in [9.17, 15) is 0 Å². The Bertz CT molecular complexity index is 49.0. The minimum atomic E-state index is 1.22. The van der Waals surface area contributed by atoms with Gasteiger partial charge in [0.1, 0.15) is 0 Å². The molecule has 0 atom stereocenters. The van der Waals surface area contributed by atoms with Crippen LogP contribution in [-0.4, -0.2) is 5.75 Å². The Morgan fingerprint density at radius 1 is 1.67 bits per heavy atom. The molecule has 0 unspecified atom stereocenters. The van der Waals surface area contributed by atoms with E-state index in [1.54, 1.807) is 11.8 Å². The van der Waals surface area contributed by atoms with E-state index in [-0.39, 0.29) is 0 Å². The van der Waals surface area contributed by atoms with E-state index >= 15 is 0 Å². The number of thioether (sulfide) groups is 1. The number of hydrogen-bond acceptors (Lipinski definition) is 1. The van der Waals surface area contributed by atoms with Crippen LogP contribution in [0.4, 0.5) is 0 Å². The van der Waals surface area contributed by atoms with E-state index in [1.165, 1.54) is 12.2 Å². The lowest BCUT2D eigenvalue weighted by atomic mass is 10.4. The Hall–Kier alpha value is 0.0900. The van der Waals surface area contributed by atoms with Gasteiger partial charge in [-0.3, -0.25) is 0 Å². The average Bonchev–Trinajstić information content (AvgIpc) is 1.72. The molecule has 0 aromatic heterocycles. The van der Waals surface area contributed by atoms with E-state index < -0.39 is 0 Å². The maximum atomic E-state index is 3.02. The summed E-state index contributed by atoms with van der Waals surface area (Å²) in [5.41, 5.74) is 0. The molecule has 0 fully saturated rings. The van der Waals surface area contributed by atoms with E-state index in [1.807, 2.05) is 6.08 Å². The lowest BCUT2D eigenvalue weighted by molar-refractivity contribution is 1.23. The predicted molar refractivity (Wildman–Crippen MR) is 29.5 cm³/mol. The normalized spacial score (nSPS) is 21.3. The van der Waals surface area contributed by atoms with Gasteiger partial charge in [-0.15, -0.1) is 11.8 Å². The van der Waals surface area contributed by atoms with Crippen molar-refractivity contribution >= 4 is 11.8 Å². The van der Waals surface area contributed by atoms with Gasteiger partial charge in [0.15, 0.2) is 0 Å². The van der Waals surface area contributed by atoms with Gasteiger partial charge < -0.3 is 0 Å². The van der Waals surface area contributed by atoms with Crippen LogP contribution in [0.25, 0.3) is 0 Å². The first-order chi connectivity index (χ1) is 3.00. The fraction of sp³-hybridized carbons (Fsp3) is 0.400. The third kappa shape index (κ3) is 1.05. The van der Waals surface area contributed by atoms with Crippen LogP contribution in [0.15, 0.2) is 12.2 Å². The molecular formula is C5H6S. The molecule has 32 valence electrons. The summed E-state index contributed by atoms with van der Waals surface area (Å²) < 4.78 is 0. The predicted octanol–water partition coefficient (Wildman–Crippen LogP) is 1.72. The largest absolute Gasteiger partial charge is 0.147 e. The first kappa shape index (κ1) is 4.25. The number of allylic oxidation sites excluding steroid dienone is 1. The van der Waals surface area contributed by atoms with Crippen LogP contribution in [0.2, 0.25) is 0 Å². The fourth-order valence-corrected chi connectivity index (χ4v) is 0.930. The molecule has 1 aliphatic rings. The Balaban J connectivity index is 2.26. The van der Waals surface area contributed by atoms with Gasteiger partial charge in [-0.05, 0) is 12.2 Å². The first-order valence-corrected chi connectivity index (χ1v) is 3.01. The van der Waals surface area contributed by atoms with Gasteiger partial charge in [-0.1, -0.05) is 12.2 Å². The molecule has 1 heteroatoms.